The third kappa shape index (κ3) is 2.47. The average molecular weight is 336 g/mol. The molecule has 2 aliphatic rings. The highest BCUT2D eigenvalue weighted by Gasteiger charge is 2.52. The summed E-state index contributed by atoms with van der Waals surface area (Å²) < 4.78 is 0. The predicted molar refractivity (Wildman–Crippen MR) is 94.6 cm³/mol. The normalized spacial score (nSPS) is 18.5. The van der Waals surface area contributed by atoms with E-state index in [0.717, 1.165) is 16.8 Å². The number of fused-ring (bicyclic) bond motifs is 2. The standard InChI is InChI=1S/C20H20N2O3/c23-18-20(10-12-21(13-11-20)19(24)25)16-8-4-5-9-17(16)22(18)14-15-6-2-1-3-7-15/h1-9H,10-14H2,(H,24,25). The van der Waals surface area contributed by atoms with Crippen molar-refractivity contribution in [2.75, 3.05) is 18.0 Å². The number of benzene rings is 2. The van der Waals surface area contributed by atoms with E-state index in [1.165, 1.54) is 4.90 Å². The van der Waals surface area contributed by atoms with Crippen molar-refractivity contribution in [3.05, 3.63) is 65.7 Å². The van der Waals surface area contributed by atoms with Crippen LogP contribution in [0.3, 0.4) is 0 Å². The van der Waals surface area contributed by atoms with E-state index in [0.29, 0.717) is 32.5 Å². The molecule has 2 heterocycles. The first-order valence-corrected chi connectivity index (χ1v) is 8.55. The van der Waals surface area contributed by atoms with Crippen molar-refractivity contribution in [2.45, 2.75) is 24.8 Å². The van der Waals surface area contributed by atoms with E-state index in [4.69, 9.17) is 0 Å². The first-order chi connectivity index (χ1) is 12.1. The van der Waals surface area contributed by atoms with E-state index in [2.05, 4.69) is 0 Å². The quantitative estimate of drug-likeness (QED) is 0.916. The van der Waals surface area contributed by atoms with Crippen LogP contribution in [-0.4, -0.2) is 35.1 Å². The van der Waals surface area contributed by atoms with Gasteiger partial charge >= 0.3 is 6.09 Å². The largest absolute Gasteiger partial charge is 0.465 e. The second kappa shape index (κ2) is 5.92. The third-order valence-electron chi connectivity index (χ3n) is 5.44. The van der Waals surface area contributed by atoms with Gasteiger partial charge in [-0.05, 0) is 30.0 Å². The minimum Gasteiger partial charge on any atom is -0.465 e. The highest BCUT2D eigenvalue weighted by molar-refractivity contribution is 6.08. The maximum atomic E-state index is 13.4. The first-order valence-electron chi connectivity index (χ1n) is 8.55. The number of carbonyl (C=O) groups is 2. The molecule has 5 heteroatoms. The summed E-state index contributed by atoms with van der Waals surface area (Å²) in [6.07, 6.45) is 0.177. The van der Waals surface area contributed by atoms with Crippen LogP contribution in [0.15, 0.2) is 54.6 Å². The fraction of sp³-hybridized carbons (Fsp3) is 0.300. The molecule has 4 rings (SSSR count). The summed E-state index contributed by atoms with van der Waals surface area (Å²) in [5.41, 5.74) is 2.50. The summed E-state index contributed by atoms with van der Waals surface area (Å²) in [7, 11) is 0. The number of carboxylic acid groups (broad SMARTS) is 1. The fourth-order valence-electron chi connectivity index (χ4n) is 4.08. The Morgan fingerprint density at radius 2 is 1.64 bits per heavy atom. The molecule has 0 atom stereocenters. The molecule has 0 aromatic heterocycles. The lowest BCUT2D eigenvalue weighted by molar-refractivity contribution is -0.124. The van der Waals surface area contributed by atoms with Crippen LogP contribution in [0.1, 0.15) is 24.0 Å². The molecule has 1 spiro atoms. The smallest absolute Gasteiger partial charge is 0.407 e. The Morgan fingerprint density at radius 1 is 1.00 bits per heavy atom. The Kier molecular flexibility index (Phi) is 3.71. The molecule has 0 saturated carbocycles. The number of rotatable bonds is 2. The van der Waals surface area contributed by atoms with Crippen LogP contribution in [0.5, 0.6) is 0 Å². The highest BCUT2D eigenvalue weighted by atomic mass is 16.4. The molecule has 0 unspecified atom stereocenters. The van der Waals surface area contributed by atoms with Gasteiger partial charge in [0.1, 0.15) is 0 Å². The Hall–Kier alpha value is -2.82. The van der Waals surface area contributed by atoms with Crippen LogP contribution in [0.4, 0.5) is 10.5 Å². The first kappa shape index (κ1) is 15.7. The lowest BCUT2D eigenvalue weighted by Crippen LogP contribution is -2.49. The van der Waals surface area contributed by atoms with Gasteiger partial charge in [0.15, 0.2) is 0 Å². The number of piperidine rings is 1. The average Bonchev–Trinajstić information content (AvgIpc) is 2.86. The van der Waals surface area contributed by atoms with Gasteiger partial charge in [-0.25, -0.2) is 4.79 Å². The maximum absolute atomic E-state index is 13.4. The Balaban J connectivity index is 1.68. The minimum absolute atomic E-state index is 0.0996. The van der Waals surface area contributed by atoms with Crippen LogP contribution in [0, 0.1) is 0 Å². The van der Waals surface area contributed by atoms with Crippen molar-refractivity contribution < 1.29 is 14.7 Å². The van der Waals surface area contributed by atoms with Crippen molar-refractivity contribution in [3.63, 3.8) is 0 Å². The number of anilines is 1. The number of carbonyl (C=O) groups excluding carboxylic acids is 1. The van der Waals surface area contributed by atoms with Crippen LogP contribution in [0.25, 0.3) is 0 Å². The van der Waals surface area contributed by atoms with Gasteiger partial charge in [0.05, 0.1) is 12.0 Å². The van der Waals surface area contributed by atoms with Gasteiger partial charge in [-0.3, -0.25) is 4.79 Å². The second-order valence-corrected chi connectivity index (χ2v) is 6.75. The van der Waals surface area contributed by atoms with Crippen LogP contribution >= 0.6 is 0 Å². The van der Waals surface area contributed by atoms with Crippen molar-refractivity contribution >= 4 is 17.7 Å². The molecular formula is C20H20N2O3. The van der Waals surface area contributed by atoms with Gasteiger partial charge in [0, 0.05) is 18.8 Å². The molecular weight excluding hydrogens is 316 g/mol. The van der Waals surface area contributed by atoms with Gasteiger partial charge in [0.2, 0.25) is 5.91 Å². The molecule has 1 fully saturated rings. The zero-order valence-corrected chi connectivity index (χ0v) is 13.9. The zero-order chi connectivity index (χ0) is 17.4. The molecule has 128 valence electrons. The molecule has 2 aromatic rings. The molecule has 2 aromatic carbocycles. The minimum atomic E-state index is -0.908. The molecule has 5 nitrogen and oxygen atoms in total. The SMILES string of the molecule is O=C(O)N1CCC2(CC1)C(=O)N(Cc1ccccc1)c1ccccc12. The van der Waals surface area contributed by atoms with E-state index in [9.17, 15) is 14.7 Å². The Labute approximate surface area is 146 Å². The van der Waals surface area contributed by atoms with Gasteiger partial charge in [0.25, 0.3) is 0 Å². The molecule has 1 N–H and O–H groups in total. The molecule has 0 aliphatic carbocycles. The third-order valence-corrected chi connectivity index (χ3v) is 5.44. The lowest BCUT2D eigenvalue weighted by atomic mass is 9.74. The molecule has 0 bridgehead atoms. The summed E-state index contributed by atoms with van der Waals surface area (Å²) in [6.45, 7) is 1.34. The van der Waals surface area contributed by atoms with Gasteiger partial charge in [-0.1, -0.05) is 48.5 Å². The number of hydrogen-bond donors (Lipinski definition) is 1. The van der Waals surface area contributed by atoms with Crippen molar-refractivity contribution in [2.24, 2.45) is 0 Å². The number of hydrogen-bond acceptors (Lipinski definition) is 2. The molecule has 0 radical (unpaired) electrons. The van der Waals surface area contributed by atoms with Crippen LogP contribution < -0.4 is 4.90 Å². The number of likely N-dealkylation sites (tertiary alicyclic amines) is 1. The zero-order valence-electron chi connectivity index (χ0n) is 13.9. The van der Waals surface area contributed by atoms with E-state index >= 15 is 0 Å². The Morgan fingerprint density at radius 3 is 2.32 bits per heavy atom. The van der Waals surface area contributed by atoms with Crippen molar-refractivity contribution in [1.29, 1.82) is 0 Å². The lowest BCUT2D eigenvalue weighted by Gasteiger charge is -2.37. The molecule has 25 heavy (non-hydrogen) atoms. The van der Waals surface area contributed by atoms with Gasteiger partial charge in [-0.2, -0.15) is 0 Å². The van der Waals surface area contributed by atoms with E-state index in [1.54, 1.807) is 0 Å². The summed E-state index contributed by atoms with van der Waals surface area (Å²) in [6, 6.07) is 17.9. The number of nitrogens with zero attached hydrogens (tertiary/aromatic N) is 2. The molecule has 2 amide bonds. The van der Waals surface area contributed by atoms with Crippen LogP contribution in [0.2, 0.25) is 0 Å². The van der Waals surface area contributed by atoms with E-state index < -0.39 is 11.5 Å². The predicted octanol–water partition coefficient (Wildman–Crippen LogP) is 3.25. The van der Waals surface area contributed by atoms with Crippen molar-refractivity contribution in [1.82, 2.24) is 4.90 Å². The molecule has 2 aliphatic heterocycles. The fourth-order valence-corrected chi connectivity index (χ4v) is 4.08. The van der Waals surface area contributed by atoms with Crippen molar-refractivity contribution in [3.8, 4) is 0 Å². The van der Waals surface area contributed by atoms with Gasteiger partial charge in [-0.15, -0.1) is 0 Å². The monoisotopic (exact) mass is 336 g/mol. The summed E-state index contributed by atoms with van der Waals surface area (Å²) in [5, 5.41) is 9.21. The highest BCUT2D eigenvalue weighted by Crippen LogP contribution is 2.48. The second-order valence-electron chi connectivity index (χ2n) is 6.75. The molecule has 1 saturated heterocycles. The Bertz CT molecular complexity index is 811. The van der Waals surface area contributed by atoms with E-state index in [1.807, 2.05) is 59.5 Å². The number of amides is 2. The summed E-state index contributed by atoms with van der Waals surface area (Å²) in [4.78, 5) is 27.9. The topological polar surface area (TPSA) is 60.9 Å². The summed E-state index contributed by atoms with van der Waals surface area (Å²) >= 11 is 0. The van der Waals surface area contributed by atoms with E-state index in [-0.39, 0.29) is 5.91 Å². The summed E-state index contributed by atoms with van der Waals surface area (Å²) in [5.74, 6) is 0.0996. The maximum Gasteiger partial charge on any atom is 0.407 e. The number of para-hydroxylation sites is 1. The van der Waals surface area contributed by atoms with Gasteiger partial charge < -0.3 is 14.9 Å². The van der Waals surface area contributed by atoms with Crippen LogP contribution in [-0.2, 0) is 16.8 Å².